The number of rotatable bonds is 6. The Kier molecular flexibility index (Phi) is 6.83. The summed E-state index contributed by atoms with van der Waals surface area (Å²) in [4.78, 5) is 17.2. The Bertz CT molecular complexity index is 1240. The van der Waals surface area contributed by atoms with Crippen molar-refractivity contribution in [3.05, 3.63) is 83.2 Å². The summed E-state index contributed by atoms with van der Waals surface area (Å²) >= 11 is 6.02. The van der Waals surface area contributed by atoms with E-state index in [-0.39, 0.29) is 29.8 Å². The number of amides is 1. The molecule has 1 aromatic heterocycles. The van der Waals surface area contributed by atoms with Crippen molar-refractivity contribution in [1.82, 2.24) is 19.2 Å². The van der Waals surface area contributed by atoms with Gasteiger partial charge in [0.2, 0.25) is 15.9 Å². The molecule has 1 N–H and O–H groups in total. The normalized spacial score (nSPS) is 16.5. The molecule has 1 fully saturated rings. The lowest BCUT2D eigenvalue weighted by Crippen LogP contribution is -2.44. The molecule has 1 aliphatic heterocycles. The van der Waals surface area contributed by atoms with E-state index in [1.54, 1.807) is 24.5 Å². The third kappa shape index (κ3) is 4.95. The number of nitrogens with zero attached hydrogens (tertiary/aromatic N) is 3. The molecule has 1 atom stereocenters. The highest BCUT2D eigenvalue weighted by Crippen LogP contribution is 2.27. The second-order valence-electron chi connectivity index (χ2n) is 8.00. The molecule has 0 saturated carbocycles. The first kappa shape index (κ1) is 23.4. The molecule has 174 valence electrons. The predicted octanol–water partition coefficient (Wildman–Crippen LogP) is 3.52. The van der Waals surface area contributed by atoms with Gasteiger partial charge < -0.3 is 9.88 Å². The van der Waals surface area contributed by atoms with Gasteiger partial charge in [-0.1, -0.05) is 35.9 Å². The van der Waals surface area contributed by atoms with Gasteiger partial charge in [0.05, 0.1) is 0 Å². The number of carbonyl (C=O) groups is 1. The number of carbonyl (C=O) groups excluding carboxylic acids is 1. The minimum atomic E-state index is -3.95. The zero-order valence-electron chi connectivity index (χ0n) is 18.0. The Morgan fingerprint density at radius 3 is 2.42 bits per heavy atom. The lowest BCUT2D eigenvalue weighted by atomic mass is 9.96. The van der Waals surface area contributed by atoms with E-state index in [4.69, 9.17) is 11.6 Å². The lowest BCUT2D eigenvalue weighted by Gasteiger charge is -2.31. The van der Waals surface area contributed by atoms with Crippen LogP contribution < -0.4 is 5.32 Å². The van der Waals surface area contributed by atoms with E-state index < -0.39 is 21.9 Å². The van der Waals surface area contributed by atoms with Crippen molar-refractivity contribution in [2.45, 2.75) is 23.8 Å². The largest absolute Gasteiger partial charge is 0.342 e. The van der Waals surface area contributed by atoms with Crippen LogP contribution in [0.5, 0.6) is 0 Å². The van der Waals surface area contributed by atoms with Crippen molar-refractivity contribution in [2.24, 2.45) is 13.0 Å². The van der Waals surface area contributed by atoms with Crippen molar-refractivity contribution < 1.29 is 17.6 Å². The number of hydrogen-bond acceptors (Lipinski definition) is 4. The number of imidazole rings is 1. The Labute approximate surface area is 197 Å². The fraction of sp³-hybridized carbons (Fsp3) is 0.304. The third-order valence-corrected chi connectivity index (χ3v) is 8.07. The smallest absolute Gasteiger partial charge is 0.245 e. The van der Waals surface area contributed by atoms with Crippen LogP contribution in [0.3, 0.4) is 0 Å². The molecule has 0 radical (unpaired) electrons. The summed E-state index contributed by atoms with van der Waals surface area (Å²) in [6.45, 7) is 0.283. The average molecular weight is 491 g/mol. The molecular weight excluding hydrogens is 467 g/mol. The molecule has 0 spiro atoms. The summed E-state index contributed by atoms with van der Waals surface area (Å²) < 4.78 is 42.8. The minimum Gasteiger partial charge on any atom is -0.342 e. The summed E-state index contributed by atoms with van der Waals surface area (Å²) in [5.74, 6) is -0.656. The maximum atomic E-state index is 14.1. The number of aryl methyl sites for hydroxylation is 1. The monoisotopic (exact) mass is 490 g/mol. The van der Waals surface area contributed by atoms with Gasteiger partial charge in [-0.2, -0.15) is 4.31 Å². The second kappa shape index (κ2) is 9.62. The van der Waals surface area contributed by atoms with E-state index >= 15 is 0 Å². The second-order valence-corrected chi connectivity index (χ2v) is 10.3. The van der Waals surface area contributed by atoms with Gasteiger partial charge in [-0.15, -0.1) is 0 Å². The van der Waals surface area contributed by atoms with Crippen molar-refractivity contribution in [1.29, 1.82) is 0 Å². The maximum Gasteiger partial charge on any atom is 0.245 e. The molecule has 0 aliphatic carbocycles. The maximum absolute atomic E-state index is 14.1. The summed E-state index contributed by atoms with van der Waals surface area (Å²) in [6, 6.07) is 12.0. The SMILES string of the molecule is Cn1ccnc1[C@@H](NC(=O)C1CCN(S(=O)(=O)c2ccccc2F)CC1)c1ccc(Cl)cc1. The van der Waals surface area contributed by atoms with E-state index in [1.165, 1.54) is 22.5 Å². The van der Waals surface area contributed by atoms with E-state index in [2.05, 4.69) is 10.3 Å². The third-order valence-electron chi connectivity index (χ3n) is 5.89. The highest BCUT2D eigenvalue weighted by atomic mass is 35.5. The number of halogens is 2. The number of sulfonamides is 1. The fourth-order valence-electron chi connectivity index (χ4n) is 4.02. The summed E-state index contributed by atoms with van der Waals surface area (Å²) in [5.41, 5.74) is 0.835. The molecule has 2 aromatic carbocycles. The van der Waals surface area contributed by atoms with Gasteiger partial charge in [-0.25, -0.2) is 17.8 Å². The highest BCUT2D eigenvalue weighted by Gasteiger charge is 2.34. The van der Waals surface area contributed by atoms with Crippen LogP contribution in [0.1, 0.15) is 30.3 Å². The van der Waals surface area contributed by atoms with Gasteiger partial charge in [0.1, 0.15) is 22.6 Å². The number of hydrogen-bond donors (Lipinski definition) is 1. The molecular formula is C23H24ClFN4O3S. The molecule has 1 saturated heterocycles. The molecule has 33 heavy (non-hydrogen) atoms. The first-order valence-corrected chi connectivity index (χ1v) is 12.4. The van der Waals surface area contributed by atoms with Crippen LogP contribution in [0, 0.1) is 11.7 Å². The van der Waals surface area contributed by atoms with Gasteiger partial charge in [0, 0.05) is 43.5 Å². The number of aromatic nitrogens is 2. The Morgan fingerprint density at radius 2 is 1.82 bits per heavy atom. The van der Waals surface area contributed by atoms with Crippen molar-refractivity contribution in [2.75, 3.05) is 13.1 Å². The zero-order chi connectivity index (χ0) is 23.6. The molecule has 2 heterocycles. The minimum absolute atomic E-state index is 0.142. The topological polar surface area (TPSA) is 84.3 Å². The molecule has 4 rings (SSSR count). The standard InChI is InChI=1S/C23H24ClFN4O3S/c1-28-15-12-26-22(28)21(16-6-8-18(24)9-7-16)27-23(30)17-10-13-29(14-11-17)33(31,32)20-5-3-2-4-19(20)25/h2-9,12,15,17,21H,10-11,13-14H2,1H3,(H,27,30)/t21-/m0/s1. The Balaban J connectivity index is 1.47. The summed E-state index contributed by atoms with van der Waals surface area (Å²) in [5, 5.41) is 3.66. The van der Waals surface area contributed by atoms with Gasteiger partial charge >= 0.3 is 0 Å². The van der Waals surface area contributed by atoms with Crippen LogP contribution >= 0.6 is 11.6 Å². The molecule has 0 bridgehead atoms. The molecule has 0 unspecified atom stereocenters. The molecule has 7 nitrogen and oxygen atoms in total. The lowest BCUT2D eigenvalue weighted by molar-refractivity contribution is -0.126. The van der Waals surface area contributed by atoms with Crippen LogP contribution in [0.2, 0.25) is 5.02 Å². The van der Waals surface area contributed by atoms with Crippen LogP contribution in [0.4, 0.5) is 4.39 Å². The molecule has 10 heteroatoms. The van der Waals surface area contributed by atoms with Crippen molar-refractivity contribution in [3.63, 3.8) is 0 Å². The van der Waals surface area contributed by atoms with Crippen LogP contribution in [0.25, 0.3) is 0 Å². The Morgan fingerprint density at radius 1 is 1.15 bits per heavy atom. The first-order chi connectivity index (χ1) is 15.8. The van der Waals surface area contributed by atoms with E-state index in [0.717, 1.165) is 11.6 Å². The van der Waals surface area contributed by atoms with Gasteiger partial charge in [-0.3, -0.25) is 4.79 Å². The van der Waals surface area contributed by atoms with E-state index in [0.29, 0.717) is 23.7 Å². The van der Waals surface area contributed by atoms with Crippen molar-refractivity contribution in [3.8, 4) is 0 Å². The van der Waals surface area contributed by atoms with Crippen molar-refractivity contribution >= 4 is 27.5 Å². The summed E-state index contributed by atoms with van der Waals surface area (Å²) in [7, 11) is -2.10. The Hall–Kier alpha value is -2.75. The predicted molar refractivity (Wildman–Crippen MR) is 123 cm³/mol. The number of piperidine rings is 1. The van der Waals surface area contributed by atoms with Gasteiger partial charge in [0.25, 0.3) is 0 Å². The molecule has 1 amide bonds. The number of nitrogens with one attached hydrogen (secondary N) is 1. The highest BCUT2D eigenvalue weighted by molar-refractivity contribution is 7.89. The van der Waals surface area contributed by atoms with Gasteiger partial charge in [0.15, 0.2) is 0 Å². The first-order valence-electron chi connectivity index (χ1n) is 10.5. The average Bonchev–Trinajstić information content (AvgIpc) is 3.24. The zero-order valence-corrected chi connectivity index (χ0v) is 19.6. The number of benzene rings is 2. The fourth-order valence-corrected chi connectivity index (χ4v) is 5.68. The van der Waals surface area contributed by atoms with Crippen LogP contribution in [0.15, 0.2) is 65.8 Å². The quantitative estimate of drug-likeness (QED) is 0.573. The van der Waals surface area contributed by atoms with Crippen LogP contribution in [-0.2, 0) is 21.9 Å². The van der Waals surface area contributed by atoms with Crippen LogP contribution in [-0.4, -0.2) is 41.3 Å². The van der Waals surface area contributed by atoms with Gasteiger partial charge in [-0.05, 0) is 42.7 Å². The molecule has 3 aromatic rings. The summed E-state index contributed by atoms with van der Waals surface area (Å²) in [6.07, 6.45) is 4.15. The van der Waals surface area contributed by atoms with E-state index in [9.17, 15) is 17.6 Å². The van der Waals surface area contributed by atoms with E-state index in [1.807, 2.05) is 23.7 Å². The molecule has 1 aliphatic rings.